The van der Waals surface area contributed by atoms with Gasteiger partial charge in [0.05, 0.1) is 18.1 Å². The minimum atomic E-state index is -0.920. The lowest BCUT2D eigenvalue weighted by molar-refractivity contribution is -0.137. The van der Waals surface area contributed by atoms with Gasteiger partial charge in [0.2, 0.25) is 0 Å². The number of hydrogen-bond acceptors (Lipinski definition) is 7. The molecule has 0 atom stereocenters. The zero-order chi connectivity index (χ0) is 20.1. The second-order valence-electron chi connectivity index (χ2n) is 6.34. The van der Waals surface area contributed by atoms with Crippen molar-refractivity contribution in [3.8, 4) is 0 Å². The monoisotopic (exact) mass is 420 g/mol. The number of carboxylic acid groups (broad SMARTS) is 1. The predicted molar refractivity (Wildman–Crippen MR) is 111 cm³/mol. The van der Waals surface area contributed by atoms with E-state index in [1.807, 2.05) is 12.1 Å². The standard InChI is InChI=1S/C19H20N2O5S2/c22-15(13-3-5-14(6-4-13)20-8-10-26-11-9-20)12-16-18(25)21(19(27)28-16)7-1-2-17(23)24/h3-6,12H,1-2,7-11H2,(H,23,24)/b16-12-. The average Bonchev–Trinajstić information content (AvgIpc) is 2.96. The summed E-state index contributed by atoms with van der Waals surface area (Å²) in [5, 5.41) is 8.71. The Labute approximate surface area is 172 Å². The molecule has 3 rings (SSSR count). The highest BCUT2D eigenvalue weighted by molar-refractivity contribution is 8.26. The maximum Gasteiger partial charge on any atom is 0.303 e. The van der Waals surface area contributed by atoms with Crippen LogP contribution < -0.4 is 4.90 Å². The fraction of sp³-hybridized carbons (Fsp3) is 0.368. The van der Waals surface area contributed by atoms with Gasteiger partial charge in [0.1, 0.15) is 4.32 Å². The summed E-state index contributed by atoms with van der Waals surface area (Å²) in [6, 6.07) is 7.28. The molecule has 0 spiro atoms. The van der Waals surface area contributed by atoms with Gasteiger partial charge in [-0.15, -0.1) is 0 Å². The molecular weight excluding hydrogens is 400 g/mol. The van der Waals surface area contributed by atoms with E-state index in [4.69, 9.17) is 22.1 Å². The van der Waals surface area contributed by atoms with E-state index in [1.165, 1.54) is 11.0 Å². The molecule has 0 unspecified atom stereocenters. The van der Waals surface area contributed by atoms with Crippen LogP contribution in [0.2, 0.25) is 0 Å². The van der Waals surface area contributed by atoms with E-state index in [9.17, 15) is 14.4 Å². The van der Waals surface area contributed by atoms with Crippen LogP contribution in [0.5, 0.6) is 0 Å². The molecular formula is C19H20N2O5S2. The third kappa shape index (κ3) is 4.98. The Bertz CT molecular complexity index is 816. The molecule has 2 fully saturated rings. The fourth-order valence-electron chi connectivity index (χ4n) is 2.94. The minimum absolute atomic E-state index is 0.0372. The molecule has 28 heavy (non-hydrogen) atoms. The van der Waals surface area contributed by atoms with Crippen LogP contribution in [-0.4, -0.2) is 64.8 Å². The third-order valence-corrected chi connectivity index (χ3v) is 5.81. The Kier molecular flexibility index (Phi) is 6.82. The molecule has 0 saturated carbocycles. The van der Waals surface area contributed by atoms with Crippen LogP contribution >= 0.6 is 24.0 Å². The van der Waals surface area contributed by atoms with Gasteiger partial charge in [-0.05, 0) is 30.7 Å². The number of ether oxygens (including phenoxy) is 1. The molecule has 1 aromatic carbocycles. The molecule has 1 amide bonds. The number of ketones is 1. The molecule has 148 valence electrons. The summed E-state index contributed by atoms with van der Waals surface area (Å²) in [6.07, 6.45) is 1.58. The number of amides is 1. The van der Waals surface area contributed by atoms with Crippen LogP contribution in [0.25, 0.3) is 0 Å². The fourth-order valence-corrected chi connectivity index (χ4v) is 4.22. The molecule has 2 aliphatic rings. The Morgan fingerprint density at radius 1 is 1.21 bits per heavy atom. The number of carbonyl (C=O) groups is 3. The van der Waals surface area contributed by atoms with Gasteiger partial charge in [-0.3, -0.25) is 19.3 Å². The maximum atomic E-state index is 12.5. The van der Waals surface area contributed by atoms with Gasteiger partial charge in [-0.1, -0.05) is 24.0 Å². The average molecular weight is 421 g/mol. The molecule has 7 nitrogen and oxygen atoms in total. The van der Waals surface area contributed by atoms with Crippen molar-refractivity contribution in [2.75, 3.05) is 37.7 Å². The van der Waals surface area contributed by atoms with Crippen molar-refractivity contribution in [2.45, 2.75) is 12.8 Å². The largest absolute Gasteiger partial charge is 0.481 e. The number of benzene rings is 1. The second-order valence-corrected chi connectivity index (χ2v) is 8.02. The van der Waals surface area contributed by atoms with Crippen LogP contribution in [0.15, 0.2) is 35.2 Å². The van der Waals surface area contributed by atoms with Crippen molar-refractivity contribution >= 4 is 51.6 Å². The molecule has 9 heteroatoms. The van der Waals surface area contributed by atoms with Crippen LogP contribution in [-0.2, 0) is 14.3 Å². The van der Waals surface area contributed by atoms with E-state index in [0.29, 0.717) is 29.5 Å². The Balaban J connectivity index is 1.64. The number of hydrogen-bond donors (Lipinski definition) is 1. The van der Waals surface area contributed by atoms with E-state index in [1.54, 1.807) is 12.1 Å². The van der Waals surface area contributed by atoms with E-state index in [-0.39, 0.29) is 29.6 Å². The highest BCUT2D eigenvalue weighted by Gasteiger charge is 2.32. The van der Waals surface area contributed by atoms with Crippen molar-refractivity contribution in [1.82, 2.24) is 4.90 Å². The number of aliphatic carboxylic acids is 1. The number of rotatable bonds is 7. The topological polar surface area (TPSA) is 87.2 Å². The number of morpholine rings is 1. The van der Waals surface area contributed by atoms with Crippen molar-refractivity contribution in [2.24, 2.45) is 0 Å². The van der Waals surface area contributed by atoms with Gasteiger partial charge >= 0.3 is 5.97 Å². The number of anilines is 1. The van der Waals surface area contributed by atoms with E-state index < -0.39 is 5.97 Å². The van der Waals surface area contributed by atoms with Gasteiger partial charge in [0.15, 0.2) is 5.78 Å². The van der Waals surface area contributed by atoms with Gasteiger partial charge < -0.3 is 14.7 Å². The number of allylic oxidation sites excluding steroid dienone is 1. The lowest BCUT2D eigenvalue weighted by Gasteiger charge is -2.28. The lowest BCUT2D eigenvalue weighted by atomic mass is 10.1. The zero-order valence-corrected chi connectivity index (χ0v) is 16.8. The second kappa shape index (κ2) is 9.31. The molecule has 1 N–H and O–H groups in total. The molecule has 2 heterocycles. The Hall–Kier alpha value is -2.23. The van der Waals surface area contributed by atoms with Crippen molar-refractivity contribution in [1.29, 1.82) is 0 Å². The first-order valence-corrected chi connectivity index (χ1v) is 10.1. The molecule has 1 aromatic rings. The van der Waals surface area contributed by atoms with E-state index >= 15 is 0 Å². The highest BCUT2D eigenvalue weighted by atomic mass is 32.2. The summed E-state index contributed by atoms with van der Waals surface area (Å²) in [5.41, 5.74) is 1.53. The van der Waals surface area contributed by atoms with Crippen LogP contribution in [0.4, 0.5) is 5.69 Å². The molecule has 0 aliphatic carbocycles. The summed E-state index contributed by atoms with van der Waals surface area (Å²) < 4.78 is 5.68. The quantitative estimate of drug-likeness (QED) is 0.409. The summed E-state index contributed by atoms with van der Waals surface area (Å²) in [4.78, 5) is 39.4. The first kappa shape index (κ1) is 20.5. The number of nitrogens with zero attached hydrogens (tertiary/aromatic N) is 2. The Morgan fingerprint density at radius 3 is 2.54 bits per heavy atom. The molecule has 2 aliphatic heterocycles. The summed E-state index contributed by atoms with van der Waals surface area (Å²) in [5.74, 6) is -1.53. The van der Waals surface area contributed by atoms with E-state index in [2.05, 4.69) is 4.90 Å². The highest BCUT2D eigenvalue weighted by Crippen LogP contribution is 2.31. The number of thiocarbonyl (C=S) groups is 1. The number of carbonyl (C=O) groups excluding carboxylic acids is 2. The summed E-state index contributed by atoms with van der Waals surface area (Å²) >= 11 is 6.25. The van der Waals surface area contributed by atoms with Crippen LogP contribution in [0, 0.1) is 0 Å². The Morgan fingerprint density at radius 2 is 1.89 bits per heavy atom. The molecule has 0 radical (unpaired) electrons. The van der Waals surface area contributed by atoms with Gasteiger partial charge in [0.25, 0.3) is 5.91 Å². The van der Waals surface area contributed by atoms with Crippen molar-refractivity contribution in [3.05, 3.63) is 40.8 Å². The number of thioether (sulfide) groups is 1. The predicted octanol–water partition coefficient (Wildman–Crippen LogP) is 2.31. The number of carboxylic acids is 1. The first-order chi connectivity index (χ1) is 13.5. The normalized spacial score (nSPS) is 18.8. The van der Waals surface area contributed by atoms with Gasteiger partial charge in [-0.2, -0.15) is 0 Å². The van der Waals surface area contributed by atoms with Crippen LogP contribution in [0.1, 0.15) is 23.2 Å². The molecule has 2 saturated heterocycles. The maximum absolute atomic E-state index is 12.5. The van der Waals surface area contributed by atoms with Crippen molar-refractivity contribution < 1.29 is 24.2 Å². The van der Waals surface area contributed by atoms with E-state index in [0.717, 1.165) is 30.5 Å². The van der Waals surface area contributed by atoms with Crippen LogP contribution in [0.3, 0.4) is 0 Å². The molecule has 0 aromatic heterocycles. The van der Waals surface area contributed by atoms with Gasteiger partial charge in [-0.25, -0.2) is 0 Å². The zero-order valence-electron chi connectivity index (χ0n) is 15.1. The smallest absolute Gasteiger partial charge is 0.303 e. The lowest BCUT2D eigenvalue weighted by Crippen LogP contribution is -2.36. The minimum Gasteiger partial charge on any atom is -0.481 e. The molecule has 0 bridgehead atoms. The summed E-state index contributed by atoms with van der Waals surface area (Å²) in [7, 11) is 0. The third-order valence-electron chi connectivity index (χ3n) is 4.44. The summed E-state index contributed by atoms with van der Waals surface area (Å²) in [6.45, 7) is 3.25. The van der Waals surface area contributed by atoms with Crippen molar-refractivity contribution in [3.63, 3.8) is 0 Å². The SMILES string of the molecule is O=C(O)CCCN1C(=O)/C(=C/C(=O)c2ccc(N3CCOCC3)cc2)SC1=S. The van der Waals surface area contributed by atoms with Gasteiger partial charge in [0, 0.05) is 43.4 Å². The first-order valence-electron chi connectivity index (χ1n) is 8.90.